The molecule has 4 aromatic rings. The maximum absolute atomic E-state index is 14.2. The molecule has 0 spiro atoms. The zero-order valence-electron chi connectivity index (χ0n) is 19.2. The van der Waals surface area contributed by atoms with Crippen LogP contribution in [0.3, 0.4) is 0 Å². The molecule has 2 aliphatic heterocycles. The fraction of sp³-hybridized carbons (Fsp3) is 0.214. The highest BCUT2D eigenvalue weighted by molar-refractivity contribution is 6.04. The molecule has 1 N–H and O–H groups in total. The van der Waals surface area contributed by atoms with Crippen molar-refractivity contribution >= 4 is 16.8 Å². The fourth-order valence-corrected chi connectivity index (χ4v) is 5.08. The van der Waals surface area contributed by atoms with Crippen LogP contribution in [0.5, 0.6) is 11.5 Å². The summed E-state index contributed by atoms with van der Waals surface area (Å²) in [5.74, 6) is 0.903. The van der Waals surface area contributed by atoms with Crippen molar-refractivity contribution in [3.63, 3.8) is 0 Å². The van der Waals surface area contributed by atoms with Crippen molar-refractivity contribution in [2.45, 2.75) is 6.54 Å². The summed E-state index contributed by atoms with van der Waals surface area (Å²) in [6, 6.07) is 21.9. The van der Waals surface area contributed by atoms with Crippen LogP contribution < -0.4 is 14.8 Å². The summed E-state index contributed by atoms with van der Waals surface area (Å²) in [6.45, 7) is 3.61. The number of ether oxygens (including phenoxy) is 2. The first-order valence-electron chi connectivity index (χ1n) is 11.8. The lowest BCUT2D eigenvalue weighted by molar-refractivity contribution is -0.864. The molecule has 3 heterocycles. The van der Waals surface area contributed by atoms with Gasteiger partial charge in [0.2, 0.25) is 6.79 Å². The van der Waals surface area contributed by atoms with E-state index in [2.05, 4.69) is 17.4 Å². The van der Waals surface area contributed by atoms with Crippen LogP contribution in [-0.4, -0.2) is 48.3 Å². The number of hydrogen-bond acceptors (Lipinski definition) is 5. The second-order valence-electron chi connectivity index (χ2n) is 9.05. The molecule has 6 nitrogen and oxygen atoms in total. The predicted octanol–water partition coefficient (Wildman–Crippen LogP) is 4.53. The number of hydrogen-bond donors (Lipinski definition) is 1. The molecular formula is C28H25FN3O3+. The highest BCUT2D eigenvalue weighted by Gasteiger charge is 2.40. The lowest BCUT2D eigenvalue weighted by Gasteiger charge is -2.39. The number of nitrogens with one attached hydrogen (secondary N) is 1. The van der Waals surface area contributed by atoms with E-state index in [4.69, 9.17) is 14.5 Å². The Labute approximate surface area is 202 Å². The van der Waals surface area contributed by atoms with Crippen LogP contribution in [-0.2, 0) is 6.54 Å². The molecule has 176 valence electrons. The number of pyridine rings is 1. The van der Waals surface area contributed by atoms with Gasteiger partial charge in [-0.2, -0.15) is 0 Å². The first-order valence-corrected chi connectivity index (χ1v) is 11.8. The molecule has 1 saturated heterocycles. The van der Waals surface area contributed by atoms with Gasteiger partial charge in [0, 0.05) is 18.7 Å². The van der Waals surface area contributed by atoms with Gasteiger partial charge in [-0.05, 0) is 41.5 Å². The highest BCUT2D eigenvalue weighted by atomic mass is 19.1. The number of fused-ring (bicyclic) bond motifs is 3. The van der Waals surface area contributed by atoms with E-state index < -0.39 is 0 Å². The Bertz CT molecular complexity index is 1400. The molecule has 1 aromatic heterocycles. The first-order chi connectivity index (χ1) is 17.1. The molecule has 0 saturated carbocycles. The predicted molar refractivity (Wildman–Crippen MR) is 131 cm³/mol. The molecule has 0 bridgehead atoms. The van der Waals surface area contributed by atoms with Gasteiger partial charge in [-0.15, -0.1) is 0 Å². The molecule has 6 rings (SSSR count). The summed E-state index contributed by atoms with van der Waals surface area (Å²) in [4.78, 5) is 19.0. The summed E-state index contributed by atoms with van der Waals surface area (Å²) < 4.78 is 25.4. The number of aromatic nitrogens is 1. The maximum Gasteiger partial charge on any atom is 0.364 e. The minimum atomic E-state index is -0.318. The van der Waals surface area contributed by atoms with Gasteiger partial charge in [-0.1, -0.05) is 42.5 Å². The minimum Gasteiger partial charge on any atom is -0.454 e. The molecule has 35 heavy (non-hydrogen) atoms. The number of rotatable bonds is 4. The van der Waals surface area contributed by atoms with Crippen LogP contribution >= 0.6 is 0 Å². The van der Waals surface area contributed by atoms with Crippen molar-refractivity contribution in [1.82, 2.24) is 10.3 Å². The van der Waals surface area contributed by atoms with E-state index in [1.807, 2.05) is 36.4 Å². The summed E-state index contributed by atoms with van der Waals surface area (Å²) in [7, 11) is 0. The third-order valence-electron chi connectivity index (χ3n) is 6.88. The molecular weight excluding hydrogens is 445 g/mol. The Morgan fingerprint density at radius 3 is 2.51 bits per heavy atom. The molecule has 1 amide bonds. The number of carbonyl (C=O) groups excluding carboxylic acids is 1. The van der Waals surface area contributed by atoms with Gasteiger partial charge in [-0.3, -0.25) is 0 Å². The van der Waals surface area contributed by atoms with E-state index in [0.717, 1.165) is 35.2 Å². The van der Waals surface area contributed by atoms with Gasteiger partial charge in [0.15, 0.2) is 17.2 Å². The quantitative estimate of drug-likeness (QED) is 0.444. The molecule has 0 atom stereocenters. The van der Waals surface area contributed by atoms with Crippen LogP contribution in [0, 0.1) is 5.82 Å². The summed E-state index contributed by atoms with van der Waals surface area (Å²) in [5.41, 5.74) is 3.71. The SMILES string of the molecule is O=C(c1cc(-c2ccc(F)cc2)c2c3c(ccc2n1)OCO3)[N+]1(Cc2ccccc2)CCNCC1. The monoisotopic (exact) mass is 470 g/mol. The summed E-state index contributed by atoms with van der Waals surface area (Å²) in [5, 5.41) is 4.14. The van der Waals surface area contributed by atoms with Gasteiger partial charge in [0.25, 0.3) is 0 Å². The van der Waals surface area contributed by atoms with Gasteiger partial charge in [0.05, 0.1) is 24.0 Å². The van der Waals surface area contributed by atoms with E-state index in [-0.39, 0.29) is 18.5 Å². The Hall–Kier alpha value is -3.81. The number of carbonyl (C=O) groups is 1. The van der Waals surface area contributed by atoms with Crippen molar-refractivity contribution in [2.75, 3.05) is 33.0 Å². The summed E-state index contributed by atoms with van der Waals surface area (Å²) in [6.07, 6.45) is 0. The van der Waals surface area contributed by atoms with Gasteiger partial charge in [-0.25, -0.2) is 18.7 Å². The van der Waals surface area contributed by atoms with Crippen LogP contribution in [0.15, 0.2) is 72.8 Å². The van der Waals surface area contributed by atoms with E-state index in [1.165, 1.54) is 12.1 Å². The topological polar surface area (TPSA) is 60.5 Å². The van der Waals surface area contributed by atoms with Crippen molar-refractivity contribution in [1.29, 1.82) is 0 Å². The third kappa shape index (κ3) is 3.92. The van der Waals surface area contributed by atoms with E-state index in [0.29, 0.717) is 46.8 Å². The van der Waals surface area contributed by atoms with E-state index >= 15 is 0 Å². The average molecular weight is 471 g/mol. The van der Waals surface area contributed by atoms with Gasteiger partial charge >= 0.3 is 5.91 Å². The van der Waals surface area contributed by atoms with Crippen molar-refractivity contribution in [3.05, 3.63) is 89.9 Å². The van der Waals surface area contributed by atoms with Crippen molar-refractivity contribution in [3.8, 4) is 22.6 Å². The smallest absolute Gasteiger partial charge is 0.364 e. The number of benzene rings is 3. The molecule has 2 aliphatic rings. The fourth-order valence-electron chi connectivity index (χ4n) is 5.08. The van der Waals surface area contributed by atoms with Crippen LogP contribution in [0.1, 0.15) is 16.1 Å². The van der Waals surface area contributed by atoms with Crippen LogP contribution in [0.25, 0.3) is 22.0 Å². The third-order valence-corrected chi connectivity index (χ3v) is 6.88. The number of halogens is 1. The number of amides is 1. The molecule has 7 heteroatoms. The number of quaternary nitrogens is 1. The van der Waals surface area contributed by atoms with Gasteiger partial charge < -0.3 is 14.8 Å². The maximum atomic E-state index is 14.2. The highest BCUT2D eigenvalue weighted by Crippen LogP contribution is 2.43. The average Bonchev–Trinajstić information content (AvgIpc) is 3.38. The largest absolute Gasteiger partial charge is 0.454 e. The summed E-state index contributed by atoms with van der Waals surface area (Å²) >= 11 is 0. The van der Waals surface area contributed by atoms with Crippen molar-refractivity contribution < 1.29 is 23.1 Å². The first kappa shape index (κ1) is 21.7. The second kappa shape index (κ2) is 8.76. The second-order valence-corrected chi connectivity index (χ2v) is 9.05. The van der Waals surface area contributed by atoms with E-state index in [1.54, 1.807) is 12.1 Å². The van der Waals surface area contributed by atoms with Gasteiger partial charge in [0.1, 0.15) is 12.4 Å². The molecule has 0 aliphatic carbocycles. The number of piperazine rings is 1. The lowest BCUT2D eigenvalue weighted by atomic mass is 9.98. The number of nitrogens with zero attached hydrogens (tertiary/aromatic N) is 2. The Balaban J connectivity index is 1.51. The molecule has 0 unspecified atom stereocenters. The Kier molecular flexibility index (Phi) is 5.43. The Morgan fingerprint density at radius 1 is 0.971 bits per heavy atom. The lowest BCUT2D eigenvalue weighted by Crippen LogP contribution is -2.61. The van der Waals surface area contributed by atoms with Crippen LogP contribution in [0.2, 0.25) is 0 Å². The van der Waals surface area contributed by atoms with Crippen molar-refractivity contribution in [2.24, 2.45) is 0 Å². The molecule has 0 radical (unpaired) electrons. The van der Waals surface area contributed by atoms with Crippen LogP contribution in [0.4, 0.5) is 4.39 Å². The normalized spacial score (nSPS) is 16.4. The standard InChI is InChI=1S/C28H25FN3O3/c29-21-8-6-20(7-9-21)22-16-24(31-23-10-11-25-27(26(22)23)35-18-34-25)28(33)32(14-12-30-13-15-32)17-19-4-2-1-3-5-19/h1-11,16,30H,12-15,17-18H2/q+1. The van der Waals surface area contributed by atoms with E-state index in [9.17, 15) is 9.18 Å². The molecule has 3 aromatic carbocycles. The zero-order valence-corrected chi connectivity index (χ0v) is 19.2. The zero-order chi connectivity index (χ0) is 23.8. The minimum absolute atomic E-state index is 0.0155. The molecule has 1 fully saturated rings. The Morgan fingerprint density at radius 2 is 1.74 bits per heavy atom.